The minimum absolute atomic E-state index is 0.188. The normalized spacial score (nSPS) is 28.3. The Morgan fingerprint density at radius 2 is 2.21 bits per heavy atom. The Hall–Kier alpha value is -0.720. The number of allylic oxidation sites excluding steroid dienone is 2. The van der Waals surface area contributed by atoms with Crippen LogP contribution >= 0.6 is 22.6 Å². The van der Waals surface area contributed by atoms with E-state index in [1.165, 1.54) is 0 Å². The molecule has 2 aliphatic rings. The minimum Gasteiger partial charge on any atom is -0.267 e. The van der Waals surface area contributed by atoms with Crippen molar-refractivity contribution in [3.63, 3.8) is 0 Å². The molecule has 1 N–H and O–H groups in total. The number of hydrazone groups is 1. The molecule has 1 unspecified atom stereocenters. The molecule has 104 valence electrons. The molecule has 0 saturated carbocycles. The van der Waals surface area contributed by atoms with Crippen LogP contribution in [0.2, 0.25) is 0 Å². The molecule has 2 rings (SSSR count). The maximum Gasteiger partial charge on any atom is 0.151 e. The summed E-state index contributed by atoms with van der Waals surface area (Å²) < 4.78 is 15.0. The molecular weight excluding hydrogens is 356 g/mol. The summed E-state index contributed by atoms with van der Waals surface area (Å²) in [6.07, 6.45) is 8.64. The molecule has 1 aliphatic carbocycles. The molecule has 1 atom stereocenters. The smallest absolute Gasteiger partial charge is 0.151 e. The first-order chi connectivity index (χ1) is 9.16. The maximum atomic E-state index is 13.9. The van der Waals surface area contributed by atoms with Gasteiger partial charge in [0.2, 0.25) is 0 Å². The quantitative estimate of drug-likeness (QED) is 0.688. The first kappa shape index (κ1) is 14.7. The molecule has 0 radical (unpaired) electrons. The van der Waals surface area contributed by atoms with Gasteiger partial charge < -0.3 is 0 Å². The number of nitrogens with zero attached hydrogens (tertiary/aromatic N) is 2. The fourth-order valence-corrected chi connectivity index (χ4v) is 2.63. The Balaban J connectivity index is 2.21. The van der Waals surface area contributed by atoms with Gasteiger partial charge in [-0.05, 0) is 60.3 Å². The largest absolute Gasteiger partial charge is 0.267 e. The van der Waals surface area contributed by atoms with Gasteiger partial charge in [0, 0.05) is 12.1 Å². The molecule has 5 heteroatoms. The molecule has 1 aliphatic heterocycles. The summed E-state index contributed by atoms with van der Waals surface area (Å²) in [5.41, 5.74) is 3.50. The van der Waals surface area contributed by atoms with Crippen LogP contribution in [0.25, 0.3) is 0 Å². The Bertz CT molecular complexity index is 452. The van der Waals surface area contributed by atoms with Crippen molar-refractivity contribution >= 4 is 32.1 Å². The zero-order valence-corrected chi connectivity index (χ0v) is 13.3. The number of amidine groups is 1. The summed E-state index contributed by atoms with van der Waals surface area (Å²) in [5.74, 6) is 0.723. The minimum atomic E-state index is -0.188. The van der Waals surface area contributed by atoms with Crippen LogP contribution in [0.5, 0.6) is 0 Å². The van der Waals surface area contributed by atoms with Crippen LogP contribution in [-0.4, -0.2) is 16.1 Å². The van der Waals surface area contributed by atoms with Gasteiger partial charge >= 0.3 is 0 Å². The zero-order valence-electron chi connectivity index (χ0n) is 11.1. The highest BCUT2D eigenvalue weighted by atomic mass is 127. The number of aliphatic imine (C=N–C) groups is 1. The van der Waals surface area contributed by atoms with Crippen LogP contribution in [0.4, 0.5) is 4.39 Å². The molecule has 1 heterocycles. The zero-order chi connectivity index (χ0) is 13.7. The van der Waals surface area contributed by atoms with Crippen LogP contribution in [0.1, 0.15) is 39.0 Å². The van der Waals surface area contributed by atoms with Crippen molar-refractivity contribution in [1.82, 2.24) is 5.43 Å². The van der Waals surface area contributed by atoms with E-state index in [-0.39, 0.29) is 5.83 Å². The Morgan fingerprint density at radius 1 is 1.37 bits per heavy atom. The van der Waals surface area contributed by atoms with Gasteiger partial charge in [-0.2, -0.15) is 5.10 Å². The molecule has 3 nitrogen and oxygen atoms in total. The molecule has 0 amide bonds. The van der Waals surface area contributed by atoms with Gasteiger partial charge in [0.25, 0.3) is 0 Å². The lowest BCUT2D eigenvalue weighted by molar-refractivity contribution is 0.613. The van der Waals surface area contributed by atoms with E-state index < -0.39 is 0 Å². The maximum absolute atomic E-state index is 13.9. The lowest BCUT2D eigenvalue weighted by atomic mass is 9.96. The van der Waals surface area contributed by atoms with Crippen LogP contribution < -0.4 is 5.43 Å². The first-order valence-electron chi connectivity index (χ1n) is 6.77. The number of hydrogen-bond acceptors (Lipinski definition) is 3. The van der Waals surface area contributed by atoms with E-state index in [4.69, 9.17) is 0 Å². The number of rotatable bonds is 1. The lowest BCUT2D eigenvalue weighted by Crippen LogP contribution is -2.24. The van der Waals surface area contributed by atoms with Crippen molar-refractivity contribution in [2.24, 2.45) is 16.0 Å². The van der Waals surface area contributed by atoms with Gasteiger partial charge in [0.1, 0.15) is 5.83 Å². The highest BCUT2D eigenvalue weighted by Gasteiger charge is 2.18. The Kier molecular flexibility index (Phi) is 5.54. The fraction of sp³-hybridized carbons (Fsp3) is 0.571. The molecule has 19 heavy (non-hydrogen) atoms. The van der Waals surface area contributed by atoms with Crippen molar-refractivity contribution in [3.05, 3.63) is 23.6 Å². The SMILES string of the molecule is CC1C=C(C2=NCCCCC/C(I)=N/N2)C(F)=CC1. The van der Waals surface area contributed by atoms with Crippen LogP contribution in [0.15, 0.2) is 33.6 Å². The molecule has 0 spiro atoms. The molecule has 0 aromatic heterocycles. The van der Waals surface area contributed by atoms with Gasteiger partial charge in [-0.1, -0.05) is 19.4 Å². The van der Waals surface area contributed by atoms with E-state index in [1.807, 2.05) is 6.08 Å². The summed E-state index contributed by atoms with van der Waals surface area (Å²) in [4.78, 5) is 4.47. The molecule has 0 aromatic rings. The van der Waals surface area contributed by atoms with Crippen LogP contribution in [-0.2, 0) is 0 Å². The van der Waals surface area contributed by atoms with E-state index in [0.29, 0.717) is 17.3 Å². The third kappa shape index (κ3) is 4.40. The predicted octanol–water partition coefficient (Wildman–Crippen LogP) is 4.12. The van der Waals surface area contributed by atoms with E-state index >= 15 is 0 Å². The van der Waals surface area contributed by atoms with Crippen LogP contribution in [0.3, 0.4) is 0 Å². The number of hydrogen-bond donors (Lipinski definition) is 1. The van der Waals surface area contributed by atoms with Gasteiger partial charge in [-0.15, -0.1) is 0 Å². The third-order valence-corrected chi connectivity index (χ3v) is 4.01. The summed E-state index contributed by atoms with van der Waals surface area (Å²) in [6, 6.07) is 0. The van der Waals surface area contributed by atoms with Gasteiger partial charge in [0.05, 0.1) is 3.72 Å². The van der Waals surface area contributed by atoms with Gasteiger partial charge in [-0.25, -0.2) is 4.39 Å². The van der Waals surface area contributed by atoms with Crippen molar-refractivity contribution in [1.29, 1.82) is 0 Å². The standard InChI is InChI=1S/C14H19FIN3/c1-10-6-7-12(15)11(9-10)14-17-8-4-2-3-5-13(16)18-19-14/h7,9-10H,2-6,8H2,1H3,(H,17,19)/b18-13-. The third-order valence-electron chi connectivity index (χ3n) is 3.23. The van der Waals surface area contributed by atoms with Gasteiger partial charge in [-0.3, -0.25) is 10.4 Å². The lowest BCUT2D eigenvalue weighted by Gasteiger charge is -2.17. The number of halogens is 2. The second-order valence-electron chi connectivity index (χ2n) is 4.99. The highest BCUT2D eigenvalue weighted by Crippen LogP contribution is 2.24. The second-order valence-corrected chi connectivity index (χ2v) is 6.23. The summed E-state index contributed by atoms with van der Waals surface area (Å²) in [7, 11) is 0. The van der Waals surface area contributed by atoms with E-state index in [1.54, 1.807) is 6.08 Å². The molecular formula is C14H19FIN3. The Morgan fingerprint density at radius 3 is 3.05 bits per heavy atom. The van der Waals surface area contributed by atoms with E-state index in [2.05, 4.69) is 45.0 Å². The van der Waals surface area contributed by atoms with Crippen molar-refractivity contribution in [2.45, 2.75) is 39.0 Å². The van der Waals surface area contributed by atoms with E-state index in [0.717, 1.165) is 42.4 Å². The molecule has 0 aromatic carbocycles. The highest BCUT2D eigenvalue weighted by molar-refractivity contribution is 14.1. The summed E-state index contributed by atoms with van der Waals surface area (Å²) in [6.45, 7) is 2.81. The van der Waals surface area contributed by atoms with E-state index in [9.17, 15) is 4.39 Å². The summed E-state index contributed by atoms with van der Waals surface area (Å²) in [5, 5.41) is 4.29. The second kappa shape index (κ2) is 7.17. The van der Waals surface area contributed by atoms with Gasteiger partial charge in [0.15, 0.2) is 5.84 Å². The van der Waals surface area contributed by atoms with Crippen molar-refractivity contribution in [3.8, 4) is 0 Å². The average Bonchev–Trinajstić information content (AvgIpc) is 2.40. The first-order valence-corrected chi connectivity index (χ1v) is 7.85. The molecule has 0 fully saturated rings. The Labute approximate surface area is 127 Å². The van der Waals surface area contributed by atoms with Crippen LogP contribution in [0, 0.1) is 5.92 Å². The number of nitrogens with one attached hydrogen (secondary N) is 1. The molecule has 0 saturated heterocycles. The fourth-order valence-electron chi connectivity index (χ4n) is 2.12. The molecule has 0 bridgehead atoms. The monoisotopic (exact) mass is 375 g/mol. The summed E-state index contributed by atoms with van der Waals surface area (Å²) >= 11 is 2.22. The van der Waals surface area contributed by atoms with Crippen molar-refractivity contribution < 1.29 is 4.39 Å². The topological polar surface area (TPSA) is 36.8 Å². The average molecular weight is 375 g/mol. The predicted molar refractivity (Wildman–Crippen MR) is 86.4 cm³/mol. The van der Waals surface area contributed by atoms with Crippen molar-refractivity contribution in [2.75, 3.05) is 6.54 Å².